The Morgan fingerprint density at radius 3 is 0.787 bits per heavy atom. The van der Waals surface area contributed by atoms with E-state index in [-0.39, 0.29) is 0 Å². The van der Waals surface area contributed by atoms with Gasteiger partial charge in [0.25, 0.3) is 0 Å². The Balaban J connectivity index is 0.0000000927. The number of para-hydroxylation sites is 14. The van der Waals surface area contributed by atoms with Crippen LogP contribution in [0, 0.1) is 34.6 Å². The predicted octanol–water partition coefficient (Wildman–Crippen LogP) is 35.7. The molecule has 0 saturated carbocycles. The average molecular weight is 1810 g/mol. The lowest BCUT2D eigenvalue weighted by molar-refractivity contribution is 0.666. The lowest BCUT2D eigenvalue weighted by Gasteiger charge is -2.11. The number of hydrogen-bond donors (Lipinski definition) is 0. The van der Waals surface area contributed by atoms with Gasteiger partial charge in [0.2, 0.25) is 0 Å². The SMILES string of the molecule is Cc1ccc2c(c1)c1cc(-n3c4ccccc4c4ccccc43)ccc1n2-c1ccccc1.Cc1ccc2c(c1)c1ccc(-n3c4ccccc4c4ccccc43)cc1n2-c1ccccc1.Cc1ccc2c(c1)c1ccccc1n2-c1ccc2c3ccccc3n(-c3ccccc3)c2c1.Cc1ccc2oc3ccccc3c2c1.Cc1cccc2c1oc1ccccc12.Cn1c2ccccc2c2ccccc21. The van der Waals surface area contributed by atoms with Crippen molar-refractivity contribution in [3.63, 3.8) is 0 Å². The van der Waals surface area contributed by atoms with Gasteiger partial charge in [-0.2, -0.15) is 0 Å². The number of benzene rings is 21. The molecule has 0 N–H and O–H groups in total. The molecule has 9 heteroatoms. The highest BCUT2D eigenvalue weighted by Gasteiger charge is 2.23. The van der Waals surface area contributed by atoms with E-state index < -0.39 is 0 Å². The number of rotatable bonds is 6. The number of aromatic nitrogens is 7. The molecule has 9 heterocycles. The van der Waals surface area contributed by atoms with E-state index in [0.29, 0.717) is 0 Å². The summed E-state index contributed by atoms with van der Waals surface area (Å²) in [5.41, 5.74) is 34.7. The molecule has 30 rings (SSSR count). The van der Waals surface area contributed by atoms with Gasteiger partial charge in [0.15, 0.2) is 0 Å². The fourth-order valence-corrected chi connectivity index (χ4v) is 21.8. The molecule has 0 bridgehead atoms. The first-order chi connectivity index (χ1) is 69.5. The first-order valence-corrected chi connectivity index (χ1v) is 48.4. The smallest absolute Gasteiger partial charge is 0.138 e. The van der Waals surface area contributed by atoms with Gasteiger partial charge in [-0.15, -0.1) is 0 Å². The Labute approximate surface area is 814 Å². The fraction of sp³-hybridized carbons (Fsp3) is 0.0455. The van der Waals surface area contributed by atoms with Crippen molar-refractivity contribution in [2.24, 2.45) is 7.05 Å². The molecule has 0 radical (unpaired) electrons. The standard InChI is InChI=1S/3C31H22N2.C13H11N.2C13H10O/c1-21-15-18-30-27(19-21)25-12-6-8-14-29(25)33(30)23-16-17-26-24-11-5-7-13-28(24)32(31(26)20-23)22-9-3-2-4-10-22;1-21-15-18-30-27(19-21)26-17-16-23(20-31(26)32(30)22-9-3-2-4-10-22)33-28-13-7-5-11-24(28)25-12-6-8-14-29(25)33;1-21-15-17-30-26(19-21)27-20-23(16-18-31(27)32(30)22-9-3-2-4-10-22)33-28-13-7-5-11-24(28)25-12-6-8-14-29(25)33;1-14-12-8-4-2-6-10(12)11-7-3-5-9-13(11)14;1-9-5-4-7-11-10-6-2-3-8-12(10)14-13(9)11;1-9-6-7-13-11(8-9)10-4-2-3-5-12(10)14-13/h3*2-20H,1H3;2-9H,1H3;2*2-8H,1H3. The Kier molecular flexibility index (Phi) is 21.1. The normalized spacial score (nSPS) is 11.6. The van der Waals surface area contributed by atoms with Gasteiger partial charge in [-0.05, 0) is 228 Å². The van der Waals surface area contributed by atoms with Gasteiger partial charge < -0.3 is 40.8 Å². The molecule has 0 spiro atoms. The van der Waals surface area contributed by atoms with Gasteiger partial charge in [-0.25, -0.2) is 0 Å². The van der Waals surface area contributed by atoms with E-state index in [0.717, 1.165) is 22.3 Å². The summed E-state index contributed by atoms with van der Waals surface area (Å²) in [6, 6.07) is 171. The van der Waals surface area contributed by atoms with Crippen LogP contribution in [-0.4, -0.2) is 32.0 Å². The van der Waals surface area contributed by atoms with Crippen LogP contribution in [-0.2, 0) is 7.05 Å². The third kappa shape index (κ3) is 14.7. The van der Waals surface area contributed by atoms with Crippen molar-refractivity contribution in [2.75, 3.05) is 0 Å². The number of fused-ring (bicyclic) bond motifs is 27. The lowest BCUT2D eigenvalue weighted by atomic mass is 10.1. The maximum atomic E-state index is 5.78. The van der Waals surface area contributed by atoms with Gasteiger partial charge in [-0.1, -0.05) is 313 Å². The molecule has 141 heavy (non-hydrogen) atoms. The minimum Gasteiger partial charge on any atom is -0.456 e. The van der Waals surface area contributed by atoms with E-state index in [2.05, 4.69) is 510 Å². The summed E-state index contributed by atoms with van der Waals surface area (Å²) in [6.07, 6.45) is 0. The highest BCUT2D eigenvalue weighted by Crippen LogP contribution is 2.44. The van der Waals surface area contributed by atoms with Crippen molar-refractivity contribution < 1.29 is 8.83 Å². The number of furan rings is 2. The molecule has 0 unspecified atom stereocenters. The minimum atomic E-state index is 0.966. The molecule has 672 valence electrons. The van der Waals surface area contributed by atoms with Crippen LogP contribution < -0.4 is 0 Å². The third-order valence-corrected chi connectivity index (χ3v) is 28.2. The Bertz CT molecular complexity index is 9920. The molecular formula is C132H97N7O2. The summed E-state index contributed by atoms with van der Waals surface area (Å²) in [7, 11) is 2.12. The zero-order valence-corrected chi connectivity index (χ0v) is 79.1. The molecule has 0 saturated heterocycles. The topological polar surface area (TPSA) is 60.8 Å². The largest absolute Gasteiger partial charge is 0.456 e. The molecule has 0 aliphatic heterocycles. The van der Waals surface area contributed by atoms with Crippen LogP contribution >= 0.6 is 0 Å². The first-order valence-electron chi connectivity index (χ1n) is 48.4. The van der Waals surface area contributed by atoms with Crippen LogP contribution in [0.2, 0.25) is 0 Å². The lowest BCUT2D eigenvalue weighted by Crippen LogP contribution is -1.96. The van der Waals surface area contributed by atoms with Gasteiger partial charge in [-0.3, -0.25) is 0 Å². The number of nitrogens with zero attached hydrogens (tertiary/aromatic N) is 7. The molecular weight excluding hydrogens is 1720 g/mol. The first kappa shape index (κ1) is 84.6. The van der Waals surface area contributed by atoms with Crippen molar-refractivity contribution in [2.45, 2.75) is 34.6 Å². The van der Waals surface area contributed by atoms with Crippen LogP contribution in [0.5, 0.6) is 0 Å². The van der Waals surface area contributed by atoms with E-state index >= 15 is 0 Å². The zero-order chi connectivity index (χ0) is 94.5. The molecule has 0 atom stereocenters. The van der Waals surface area contributed by atoms with Crippen LogP contribution in [0.25, 0.3) is 231 Å². The second kappa shape index (κ2) is 35.2. The summed E-state index contributed by atoms with van der Waals surface area (Å²) in [5, 5.41) is 22.9. The molecule has 0 fully saturated rings. The molecule has 0 amide bonds. The second-order valence-electron chi connectivity index (χ2n) is 37.0. The molecule has 9 aromatic heterocycles. The molecule has 30 aromatic rings. The zero-order valence-electron chi connectivity index (χ0n) is 79.1. The van der Waals surface area contributed by atoms with Crippen LogP contribution in [0.3, 0.4) is 0 Å². The predicted molar refractivity (Wildman–Crippen MR) is 597 cm³/mol. The Hall–Kier alpha value is -18.2. The highest BCUT2D eigenvalue weighted by atomic mass is 16.3. The summed E-state index contributed by atoms with van der Waals surface area (Å²) in [4.78, 5) is 0. The number of aryl methyl sites for hydroxylation is 6. The van der Waals surface area contributed by atoms with E-state index in [4.69, 9.17) is 8.83 Å². The Morgan fingerprint density at radius 1 is 0.142 bits per heavy atom. The average Bonchev–Trinajstić information content (AvgIpc) is 1.58. The maximum absolute atomic E-state index is 5.78. The van der Waals surface area contributed by atoms with Gasteiger partial charge in [0.1, 0.15) is 22.3 Å². The van der Waals surface area contributed by atoms with Crippen LogP contribution in [0.4, 0.5) is 0 Å². The molecule has 0 aliphatic rings. The van der Waals surface area contributed by atoms with Crippen LogP contribution in [0.1, 0.15) is 27.8 Å². The van der Waals surface area contributed by atoms with Crippen LogP contribution in [0.15, 0.2) is 488 Å². The summed E-state index contributed by atoms with van der Waals surface area (Å²) in [6.45, 7) is 10.7. The third-order valence-electron chi connectivity index (χ3n) is 28.2. The fourth-order valence-electron chi connectivity index (χ4n) is 21.8. The monoisotopic (exact) mass is 1810 g/mol. The van der Waals surface area contributed by atoms with E-state index in [1.807, 2.05) is 42.5 Å². The van der Waals surface area contributed by atoms with Crippen molar-refractivity contribution in [3.05, 3.63) is 507 Å². The minimum absolute atomic E-state index is 0.966. The maximum Gasteiger partial charge on any atom is 0.138 e. The van der Waals surface area contributed by atoms with E-state index in [1.165, 1.54) is 236 Å². The molecule has 9 nitrogen and oxygen atoms in total. The Morgan fingerprint density at radius 2 is 0.383 bits per heavy atom. The summed E-state index contributed by atoms with van der Waals surface area (Å²) < 4.78 is 28.1. The second-order valence-corrected chi connectivity index (χ2v) is 37.0. The van der Waals surface area contributed by atoms with Crippen molar-refractivity contribution in [3.8, 4) is 34.1 Å². The van der Waals surface area contributed by atoms with Gasteiger partial charge in [0.05, 0.1) is 66.2 Å². The van der Waals surface area contributed by atoms with Crippen molar-refractivity contribution >= 4 is 197 Å². The van der Waals surface area contributed by atoms with Crippen molar-refractivity contribution in [1.29, 1.82) is 0 Å². The van der Waals surface area contributed by atoms with Gasteiger partial charge >= 0.3 is 0 Å². The quantitative estimate of drug-likeness (QED) is 0.167. The highest BCUT2D eigenvalue weighted by molar-refractivity contribution is 6.17. The van der Waals surface area contributed by atoms with Gasteiger partial charge in [0, 0.05) is 149 Å². The van der Waals surface area contributed by atoms with E-state index in [9.17, 15) is 0 Å². The number of hydrogen-bond acceptors (Lipinski definition) is 2. The van der Waals surface area contributed by atoms with E-state index in [1.54, 1.807) is 0 Å². The van der Waals surface area contributed by atoms with Crippen molar-refractivity contribution in [1.82, 2.24) is 32.0 Å². The summed E-state index contributed by atoms with van der Waals surface area (Å²) >= 11 is 0. The summed E-state index contributed by atoms with van der Waals surface area (Å²) in [5.74, 6) is 0. The molecule has 21 aromatic carbocycles. The molecule has 0 aliphatic carbocycles.